The topological polar surface area (TPSA) is 51.5 Å². The van der Waals surface area contributed by atoms with Crippen LogP contribution in [0, 0.1) is 12.3 Å². The normalized spacial score (nSPS) is 13.0. The standard InChI is InChI=1S/C20H23NO3S/c1-12-17(14-11-13(23-5)8-9-15(14)24-12)19(22)21-18(20(2,3)4)16-7-6-10-25-16/h6-11,18H,1-5H3,(H,21,22)/t18-/m1/s1. The van der Waals surface area contributed by atoms with E-state index in [9.17, 15) is 4.79 Å². The monoisotopic (exact) mass is 357 g/mol. The zero-order valence-electron chi connectivity index (χ0n) is 15.2. The van der Waals surface area contributed by atoms with Crippen LogP contribution in [0.2, 0.25) is 0 Å². The average Bonchev–Trinajstić information content (AvgIpc) is 3.17. The van der Waals surface area contributed by atoms with Gasteiger partial charge in [-0.15, -0.1) is 11.3 Å². The number of furan rings is 1. The Morgan fingerprint density at radius 3 is 2.64 bits per heavy atom. The number of carbonyl (C=O) groups excluding carboxylic acids is 1. The van der Waals surface area contributed by atoms with Crippen molar-refractivity contribution in [3.8, 4) is 5.75 Å². The number of benzene rings is 1. The first kappa shape index (κ1) is 17.5. The molecule has 0 fully saturated rings. The molecule has 0 spiro atoms. The fraction of sp³-hybridized carbons (Fsp3) is 0.350. The number of hydrogen-bond acceptors (Lipinski definition) is 4. The van der Waals surface area contributed by atoms with Crippen LogP contribution < -0.4 is 10.1 Å². The minimum atomic E-state index is -0.127. The molecule has 0 aliphatic rings. The van der Waals surface area contributed by atoms with E-state index >= 15 is 0 Å². The van der Waals surface area contributed by atoms with Gasteiger partial charge in [0.25, 0.3) is 5.91 Å². The Hall–Kier alpha value is -2.27. The van der Waals surface area contributed by atoms with Crippen molar-refractivity contribution in [3.63, 3.8) is 0 Å². The molecular formula is C20H23NO3S. The third-order valence-electron chi connectivity index (χ3n) is 4.27. The van der Waals surface area contributed by atoms with Crippen molar-refractivity contribution >= 4 is 28.2 Å². The van der Waals surface area contributed by atoms with Gasteiger partial charge in [-0.25, -0.2) is 0 Å². The maximum Gasteiger partial charge on any atom is 0.255 e. The molecular weight excluding hydrogens is 334 g/mol. The maximum absolute atomic E-state index is 13.1. The van der Waals surface area contributed by atoms with Gasteiger partial charge in [0.15, 0.2) is 0 Å². The summed E-state index contributed by atoms with van der Waals surface area (Å²) in [6.07, 6.45) is 0. The lowest BCUT2D eigenvalue weighted by Gasteiger charge is -2.30. The van der Waals surface area contributed by atoms with E-state index in [0.29, 0.717) is 22.7 Å². The lowest BCUT2D eigenvalue weighted by molar-refractivity contribution is 0.0903. The summed E-state index contributed by atoms with van der Waals surface area (Å²) in [6, 6.07) is 9.50. The molecule has 25 heavy (non-hydrogen) atoms. The molecule has 5 heteroatoms. The van der Waals surface area contributed by atoms with E-state index in [2.05, 4.69) is 32.2 Å². The molecule has 1 aromatic carbocycles. The molecule has 3 rings (SSSR count). The van der Waals surface area contributed by atoms with Gasteiger partial charge in [0.05, 0.1) is 18.7 Å². The summed E-state index contributed by atoms with van der Waals surface area (Å²) >= 11 is 1.65. The third-order valence-corrected chi connectivity index (χ3v) is 5.20. The van der Waals surface area contributed by atoms with Gasteiger partial charge in [-0.1, -0.05) is 26.8 Å². The minimum Gasteiger partial charge on any atom is -0.497 e. The van der Waals surface area contributed by atoms with E-state index in [1.807, 2.05) is 36.6 Å². The van der Waals surface area contributed by atoms with Crippen LogP contribution in [-0.2, 0) is 0 Å². The summed E-state index contributed by atoms with van der Waals surface area (Å²) in [5, 5.41) is 6.01. The van der Waals surface area contributed by atoms with Gasteiger partial charge in [-0.05, 0) is 42.0 Å². The summed E-state index contributed by atoms with van der Waals surface area (Å²) in [5.41, 5.74) is 1.15. The highest BCUT2D eigenvalue weighted by Crippen LogP contribution is 2.36. The Bertz CT molecular complexity index is 888. The molecule has 1 N–H and O–H groups in total. The Morgan fingerprint density at radius 2 is 2.04 bits per heavy atom. The lowest BCUT2D eigenvalue weighted by Crippen LogP contribution is -2.36. The molecule has 132 valence electrons. The highest BCUT2D eigenvalue weighted by Gasteiger charge is 2.30. The van der Waals surface area contributed by atoms with Crippen LogP contribution in [0.4, 0.5) is 0 Å². The second-order valence-electron chi connectivity index (χ2n) is 7.18. The van der Waals surface area contributed by atoms with Gasteiger partial charge < -0.3 is 14.5 Å². The number of thiophene rings is 1. The number of nitrogens with one attached hydrogen (secondary N) is 1. The molecule has 0 unspecified atom stereocenters. The SMILES string of the molecule is COc1ccc2oc(C)c(C(=O)N[C@H](c3cccs3)C(C)(C)C)c2c1. The Balaban J connectivity index is 2.00. The first-order valence-electron chi connectivity index (χ1n) is 8.22. The lowest BCUT2D eigenvalue weighted by atomic mass is 9.85. The number of aryl methyl sites for hydroxylation is 1. The first-order chi connectivity index (χ1) is 11.8. The molecule has 0 saturated heterocycles. The fourth-order valence-corrected chi connectivity index (χ4v) is 4.00. The molecule has 1 atom stereocenters. The number of amides is 1. The van der Waals surface area contributed by atoms with Gasteiger partial charge in [-0.3, -0.25) is 4.79 Å². The van der Waals surface area contributed by atoms with Crippen LogP contribution in [0.5, 0.6) is 5.75 Å². The Kier molecular flexibility index (Phi) is 4.60. The number of fused-ring (bicyclic) bond motifs is 1. The summed E-state index contributed by atoms with van der Waals surface area (Å²) in [4.78, 5) is 14.2. The predicted octanol–water partition coefficient (Wildman–Crippen LogP) is 5.33. The van der Waals surface area contributed by atoms with Crippen LogP contribution >= 0.6 is 11.3 Å². The molecule has 1 amide bonds. The van der Waals surface area contributed by atoms with Gasteiger partial charge in [-0.2, -0.15) is 0 Å². The first-order valence-corrected chi connectivity index (χ1v) is 9.10. The minimum absolute atomic E-state index is 0.0741. The average molecular weight is 357 g/mol. The highest BCUT2D eigenvalue weighted by molar-refractivity contribution is 7.10. The van der Waals surface area contributed by atoms with Gasteiger partial charge in [0.2, 0.25) is 0 Å². The van der Waals surface area contributed by atoms with Crippen molar-refractivity contribution < 1.29 is 13.9 Å². The van der Waals surface area contributed by atoms with Gasteiger partial charge in [0.1, 0.15) is 17.1 Å². The van der Waals surface area contributed by atoms with E-state index in [0.717, 1.165) is 10.3 Å². The summed E-state index contributed by atoms with van der Waals surface area (Å²) in [6.45, 7) is 8.20. The summed E-state index contributed by atoms with van der Waals surface area (Å²) < 4.78 is 11.1. The fourth-order valence-electron chi connectivity index (χ4n) is 2.98. The number of hydrogen-bond donors (Lipinski definition) is 1. The molecule has 4 nitrogen and oxygen atoms in total. The third kappa shape index (κ3) is 3.42. The van der Waals surface area contributed by atoms with Crippen molar-refractivity contribution in [2.75, 3.05) is 7.11 Å². The Labute approximate surface area is 151 Å². The largest absolute Gasteiger partial charge is 0.497 e. The van der Waals surface area contributed by atoms with E-state index in [4.69, 9.17) is 9.15 Å². The zero-order valence-corrected chi connectivity index (χ0v) is 16.0. The van der Waals surface area contributed by atoms with Crippen molar-refractivity contribution in [2.45, 2.75) is 33.7 Å². The van der Waals surface area contributed by atoms with Crippen LogP contribution in [-0.4, -0.2) is 13.0 Å². The van der Waals surface area contributed by atoms with Crippen molar-refractivity contribution in [2.24, 2.45) is 5.41 Å². The van der Waals surface area contributed by atoms with Gasteiger partial charge >= 0.3 is 0 Å². The number of carbonyl (C=O) groups is 1. The quantitative estimate of drug-likeness (QED) is 0.687. The molecule has 0 saturated carbocycles. The molecule has 0 aliphatic heterocycles. The van der Waals surface area contributed by atoms with Crippen molar-refractivity contribution in [3.05, 3.63) is 51.9 Å². The predicted molar refractivity (Wildman–Crippen MR) is 101 cm³/mol. The van der Waals surface area contributed by atoms with Crippen LogP contribution in [0.15, 0.2) is 40.1 Å². The van der Waals surface area contributed by atoms with E-state index in [1.54, 1.807) is 18.4 Å². The maximum atomic E-state index is 13.1. The van der Waals surface area contributed by atoms with Crippen LogP contribution in [0.25, 0.3) is 11.0 Å². The molecule has 0 radical (unpaired) electrons. The summed E-state index contributed by atoms with van der Waals surface area (Å²) in [5.74, 6) is 1.19. The number of ether oxygens (including phenoxy) is 1. The van der Waals surface area contributed by atoms with Crippen LogP contribution in [0.3, 0.4) is 0 Å². The van der Waals surface area contributed by atoms with Crippen molar-refractivity contribution in [1.82, 2.24) is 5.32 Å². The number of rotatable bonds is 4. The molecule has 0 aliphatic carbocycles. The Morgan fingerprint density at radius 1 is 1.28 bits per heavy atom. The van der Waals surface area contributed by atoms with Gasteiger partial charge in [0, 0.05) is 10.3 Å². The van der Waals surface area contributed by atoms with E-state index in [1.165, 1.54) is 0 Å². The summed E-state index contributed by atoms with van der Waals surface area (Å²) in [7, 11) is 1.61. The molecule has 2 heterocycles. The molecule has 0 bridgehead atoms. The van der Waals surface area contributed by atoms with E-state index < -0.39 is 0 Å². The second-order valence-corrected chi connectivity index (χ2v) is 8.16. The smallest absolute Gasteiger partial charge is 0.255 e. The molecule has 2 aromatic heterocycles. The molecule has 3 aromatic rings. The highest BCUT2D eigenvalue weighted by atomic mass is 32.1. The van der Waals surface area contributed by atoms with E-state index in [-0.39, 0.29) is 17.4 Å². The number of methoxy groups -OCH3 is 1. The second kappa shape index (κ2) is 6.56. The van der Waals surface area contributed by atoms with Crippen LogP contribution in [0.1, 0.15) is 47.8 Å². The zero-order chi connectivity index (χ0) is 18.2. The van der Waals surface area contributed by atoms with Crippen molar-refractivity contribution in [1.29, 1.82) is 0 Å².